The van der Waals surface area contributed by atoms with Crippen molar-refractivity contribution in [3.05, 3.63) is 90.1 Å². The van der Waals surface area contributed by atoms with Crippen molar-refractivity contribution in [3.8, 4) is 23.1 Å². The normalized spacial score (nSPS) is 13.4. The van der Waals surface area contributed by atoms with Gasteiger partial charge in [-0.1, -0.05) is 45.0 Å². The van der Waals surface area contributed by atoms with E-state index in [9.17, 15) is 18.0 Å². The van der Waals surface area contributed by atoms with Crippen LogP contribution in [0.1, 0.15) is 36.7 Å². The number of nitrogens with two attached hydrogens (primary N) is 1. The molecule has 5 N–H and O–H groups in total. The molecule has 5 aromatic rings. The van der Waals surface area contributed by atoms with Gasteiger partial charge >= 0.3 is 6.03 Å². The summed E-state index contributed by atoms with van der Waals surface area (Å²) in [5, 5.41) is 7.34. The fourth-order valence-electron chi connectivity index (χ4n) is 6.51. The van der Waals surface area contributed by atoms with Crippen LogP contribution in [-0.4, -0.2) is 95.1 Å². The van der Waals surface area contributed by atoms with Gasteiger partial charge in [0.05, 0.1) is 56.3 Å². The lowest BCUT2D eigenvalue weighted by Crippen LogP contribution is -2.41. The lowest BCUT2D eigenvalue weighted by Gasteiger charge is -2.29. The van der Waals surface area contributed by atoms with E-state index < -0.39 is 21.5 Å². The van der Waals surface area contributed by atoms with Crippen LogP contribution in [0.4, 0.5) is 33.5 Å². The summed E-state index contributed by atoms with van der Waals surface area (Å²) in [5.41, 5.74) is 8.15. The number of carbonyl (C=O) groups excluding carboxylic acids is 2. The number of morpholine rings is 1. The second kappa shape index (κ2) is 17.5. The van der Waals surface area contributed by atoms with Crippen LogP contribution in [0.25, 0.3) is 10.8 Å². The van der Waals surface area contributed by atoms with E-state index in [0.29, 0.717) is 59.0 Å². The van der Waals surface area contributed by atoms with Crippen molar-refractivity contribution in [3.63, 3.8) is 0 Å². The van der Waals surface area contributed by atoms with Gasteiger partial charge in [0.15, 0.2) is 5.75 Å². The molecule has 2 heterocycles. The first-order chi connectivity index (χ1) is 27.6. The van der Waals surface area contributed by atoms with Gasteiger partial charge in [0.25, 0.3) is 5.91 Å². The molecule has 0 spiro atoms. The molecule has 3 amide bonds. The third kappa shape index (κ3) is 9.85. The van der Waals surface area contributed by atoms with Gasteiger partial charge < -0.3 is 35.3 Å². The average molecular weight is 813 g/mol. The number of nitrogens with zero attached hydrogens (tertiary/aromatic N) is 4. The third-order valence-corrected chi connectivity index (χ3v) is 9.95. The Kier molecular flexibility index (Phi) is 12.5. The fourth-order valence-corrected chi connectivity index (χ4v) is 7.07. The van der Waals surface area contributed by atoms with Gasteiger partial charge in [0.1, 0.15) is 11.5 Å². The largest absolute Gasteiger partial charge is 0.496 e. The Morgan fingerprint density at radius 2 is 1.67 bits per heavy atom. The molecule has 4 aromatic carbocycles. The number of fused-ring (bicyclic) bond motifs is 1. The Bertz CT molecular complexity index is 2420. The molecule has 1 aliphatic rings. The van der Waals surface area contributed by atoms with E-state index in [1.807, 2.05) is 45.0 Å². The molecule has 306 valence electrons. The molecular weight excluding hydrogens is 765 g/mol. The summed E-state index contributed by atoms with van der Waals surface area (Å²) in [6, 6.07) is 20.0. The van der Waals surface area contributed by atoms with Crippen LogP contribution in [0.15, 0.2) is 79.0 Å². The van der Waals surface area contributed by atoms with Gasteiger partial charge in [-0.3, -0.25) is 19.3 Å². The fraction of sp³-hybridized carbons (Fsp3) is 0.317. The van der Waals surface area contributed by atoms with E-state index in [1.165, 1.54) is 19.1 Å². The number of carbonyl (C=O) groups is 2. The molecule has 17 heteroatoms. The van der Waals surface area contributed by atoms with Gasteiger partial charge in [-0.2, -0.15) is 4.98 Å². The predicted octanol–water partition coefficient (Wildman–Crippen LogP) is 6.13. The molecule has 58 heavy (non-hydrogen) atoms. The highest BCUT2D eigenvalue weighted by Crippen LogP contribution is 2.46. The van der Waals surface area contributed by atoms with Gasteiger partial charge in [-0.25, -0.2) is 18.2 Å². The van der Waals surface area contributed by atoms with Gasteiger partial charge in [-0.05, 0) is 47.4 Å². The second-order valence-electron chi connectivity index (χ2n) is 14.6. The van der Waals surface area contributed by atoms with E-state index in [-0.39, 0.29) is 34.9 Å². The molecule has 6 rings (SSSR count). The van der Waals surface area contributed by atoms with Crippen LogP contribution in [0, 0.1) is 0 Å². The summed E-state index contributed by atoms with van der Waals surface area (Å²) in [6.07, 6.45) is 2.58. The summed E-state index contributed by atoms with van der Waals surface area (Å²) in [6.45, 7) is 10.2. The van der Waals surface area contributed by atoms with Crippen molar-refractivity contribution in [2.75, 3.05) is 74.8 Å². The van der Waals surface area contributed by atoms with Gasteiger partial charge in [0.2, 0.25) is 21.9 Å². The van der Waals surface area contributed by atoms with Crippen LogP contribution in [0.3, 0.4) is 0 Å². The minimum atomic E-state index is -3.72. The molecule has 0 bridgehead atoms. The highest BCUT2D eigenvalue weighted by molar-refractivity contribution is 7.92. The zero-order valence-corrected chi connectivity index (χ0v) is 34.1. The quantitative estimate of drug-likeness (QED) is 0.100. The number of rotatable bonds is 14. The molecule has 0 unspecified atom stereocenters. The summed E-state index contributed by atoms with van der Waals surface area (Å²) in [5.74, 6) is 1.12. The molecule has 1 fully saturated rings. The molecule has 0 saturated carbocycles. The number of ether oxygens (including phenoxy) is 4. The van der Waals surface area contributed by atoms with Crippen LogP contribution >= 0.6 is 0 Å². The number of aromatic nitrogens is 2. The van der Waals surface area contributed by atoms with E-state index >= 15 is 0 Å². The predicted molar refractivity (Wildman–Crippen MR) is 224 cm³/mol. The van der Waals surface area contributed by atoms with Gasteiger partial charge in [-0.15, -0.1) is 0 Å². The summed E-state index contributed by atoms with van der Waals surface area (Å²) >= 11 is 0. The highest BCUT2D eigenvalue weighted by atomic mass is 32.2. The minimum absolute atomic E-state index is 0.109. The number of urea groups is 1. The number of nitrogens with one attached hydrogen (secondary N) is 3. The number of sulfonamides is 1. The lowest BCUT2D eigenvalue weighted by atomic mass is 9.86. The minimum Gasteiger partial charge on any atom is -0.496 e. The number of anilines is 5. The summed E-state index contributed by atoms with van der Waals surface area (Å²) < 4.78 is 50.3. The first kappa shape index (κ1) is 41.5. The standard InChI is InChI=1S/C41H48N8O8S/c1-41(2,3)26-23-31(47-58(6,52)53)37(55-5)33(24-26)49(39(42)51)32-13-14-34(29-10-8-7-9-28(29)32)57-36-15-16-44-40(46-36)45-27-11-12-30(35(25-27)54-4)38(50)43-17-18-48-19-21-56-22-20-48/h7-16,23-25,47H,17-22H2,1-6H3,(H2,42,51)(H,43,50)(H,44,45,46). The molecule has 16 nitrogen and oxygen atoms in total. The number of benzene rings is 4. The van der Waals surface area contributed by atoms with Crippen molar-refractivity contribution < 1.29 is 37.0 Å². The van der Waals surface area contributed by atoms with Crippen LogP contribution < -0.4 is 40.2 Å². The number of primary amides is 1. The van der Waals surface area contributed by atoms with Crippen LogP contribution in [0.2, 0.25) is 0 Å². The van der Waals surface area contributed by atoms with E-state index in [2.05, 4.69) is 30.2 Å². The van der Waals surface area contributed by atoms with Crippen molar-refractivity contribution in [2.24, 2.45) is 5.73 Å². The zero-order chi connectivity index (χ0) is 41.6. The molecule has 0 radical (unpaired) electrons. The third-order valence-electron chi connectivity index (χ3n) is 9.36. The lowest BCUT2D eigenvalue weighted by molar-refractivity contribution is 0.0383. The maximum Gasteiger partial charge on any atom is 0.324 e. The number of hydrogen-bond donors (Lipinski definition) is 4. The molecule has 1 aliphatic heterocycles. The van der Waals surface area contributed by atoms with Crippen LogP contribution in [-0.2, 0) is 20.2 Å². The van der Waals surface area contributed by atoms with E-state index in [0.717, 1.165) is 31.5 Å². The SMILES string of the molecule is COc1cc(Nc2nccc(Oc3ccc(N(C(N)=O)c4cc(C(C)(C)C)cc(NS(C)(=O)=O)c4OC)c4ccccc34)n2)ccc1C(=O)NCCN1CCOCC1. The number of hydrogen-bond acceptors (Lipinski definition) is 12. The Balaban J connectivity index is 1.26. The monoisotopic (exact) mass is 812 g/mol. The molecule has 1 saturated heterocycles. The van der Waals surface area contributed by atoms with E-state index in [4.69, 9.17) is 24.7 Å². The van der Waals surface area contributed by atoms with E-state index in [1.54, 1.807) is 54.7 Å². The Morgan fingerprint density at radius 1 is 0.931 bits per heavy atom. The number of methoxy groups -OCH3 is 2. The van der Waals surface area contributed by atoms with Crippen molar-refractivity contribution in [1.29, 1.82) is 0 Å². The topological polar surface area (TPSA) is 200 Å². The maximum atomic E-state index is 13.4. The Labute approximate surface area is 337 Å². The molecule has 1 aromatic heterocycles. The molecular formula is C41H48N8O8S. The maximum absolute atomic E-state index is 13.4. The van der Waals surface area contributed by atoms with Crippen LogP contribution in [0.5, 0.6) is 23.1 Å². The highest BCUT2D eigenvalue weighted by Gasteiger charge is 2.28. The summed E-state index contributed by atoms with van der Waals surface area (Å²) in [7, 11) is -0.834. The first-order valence-electron chi connectivity index (χ1n) is 18.5. The Morgan fingerprint density at radius 3 is 2.34 bits per heavy atom. The second-order valence-corrected chi connectivity index (χ2v) is 16.3. The zero-order valence-electron chi connectivity index (χ0n) is 33.3. The van der Waals surface area contributed by atoms with Gasteiger partial charge in [0, 0.05) is 61.0 Å². The van der Waals surface area contributed by atoms with Crippen molar-refractivity contribution >= 4 is 61.4 Å². The average Bonchev–Trinajstić information content (AvgIpc) is 3.18. The smallest absolute Gasteiger partial charge is 0.324 e. The van der Waals surface area contributed by atoms with Crippen molar-refractivity contribution in [2.45, 2.75) is 26.2 Å². The molecule has 0 aliphatic carbocycles. The molecule has 0 atom stereocenters. The van der Waals surface area contributed by atoms with Crippen molar-refractivity contribution in [1.82, 2.24) is 20.2 Å². The number of amides is 3. The summed E-state index contributed by atoms with van der Waals surface area (Å²) in [4.78, 5) is 38.8. The Hall–Kier alpha value is -6.17. The first-order valence-corrected chi connectivity index (χ1v) is 20.4.